The molecule has 0 saturated heterocycles. The number of nitrogens with one attached hydrogen (secondary N) is 1. The molecule has 0 atom stereocenters. The van der Waals surface area contributed by atoms with Gasteiger partial charge in [-0.05, 0) is 43.4 Å². The fourth-order valence-electron chi connectivity index (χ4n) is 3.08. The summed E-state index contributed by atoms with van der Waals surface area (Å²) < 4.78 is 1.88. The molecule has 3 aromatic rings. The summed E-state index contributed by atoms with van der Waals surface area (Å²) in [4.78, 5) is 13.2. The van der Waals surface area contributed by atoms with Crippen molar-refractivity contribution in [3.05, 3.63) is 58.4 Å². The van der Waals surface area contributed by atoms with E-state index in [1.807, 2.05) is 55.1 Å². The minimum absolute atomic E-state index is 0.0262. The van der Waals surface area contributed by atoms with Crippen molar-refractivity contribution in [2.45, 2.75) is 25.2 Å². The van der Waals surface area contributed by atoms with Crippen molar-refractivity contribution < 1.29 is 4.79 Å². The number of benzene rings is 2. The van der Waals surface area contributed by atoms with Crippen LogP contribution in [0.15, 0.2) is 41.3 Å². The number of hydrogen-bond donors (Lipinski definition) is 1. The van der Waals surface area contributed by atoms with E-state index in [9.17, 15) is 4.79 Å². The number of aromatic nitrogens is 2. The lowest BCUT2D eigenvalue weighted by Crippen LogP contribution is -2.27. The average molecular weight is 388 g/mol. The van der Waals surface area contributed by atoms with Crippen LogP contribution in [0.25, 0.3) is 10.8 Å². The number of nitrogens with zero attached hydrogens (tertiary/aromatic N) is 2. The second-order valence-corrected chi connectivity index (χ2v) is 7.68. The van der Waals surface area contributed by atoms with Gasteiger partial charge >= 0.3 is 0 Å². The quantitative estimate of drug-likeness (QED) is 0.641. The molecule has 0 radical (unpaired) electrons. The monoisotopic (exact) mass is 387 g/mol. The molecule has 0 fully saturated rings. The molecule has 0 aliphatic heterocycles. The van der Waals surface area contributed by atoms with Crippen molar-refractivity contribution in [3.63, 3.8) is 0 Å². The first-order chi connectivity index (χ1) is 12.5. The minimum Gasteiger partial charge on any atom is -0.355 e. The van der Waals surface area contributed by atoms with Gasteiger partial charge in [-0.3, -0.25) is 9.48 Å². The van der Waals surface area contributed by atoms with Gasteiger partial charge in [0.15, 0.2) is 0 Å². The third-order valence-electron chi connectivity index (χ3n) is 4.53. The van der Waals surface area contributed by atoms with Gasteiger partial charge in [-0.2, -0.15) is 5.10 Å². The van der Waals surface area contributed by atoms with Gasteiger partial charge in [-0.1, -0.05) is 35.9 Å². The summed E-state index contributed by atoms with van der Waals surface area (Å²) >= 11 is 7.85. The predicted octanol–water partition coefficient (Wildman–Crippen LogP) is 4.29. The van der Waals surface area contributed by atoms with Crippen molar-refractivity contribution in [2.24, 2.45) is 7.05 Å². The van der Waals surface area contributed by atoms with Gasteiger partial charge in [0.25, 0.3) is 0 Å². The number of amides is 1. The molecule has 26 heavy (non-hydrogen) atoms. The molecule has 0 saturated carbocycles. The van der Waals surface area contributed by atoms with Crippen LogP contribution in [0.4, 0.5) is 0 Å². The van der Waals surface area contributed by atoms with Gasteiger partial charge in [0, 0.05) is 34.6 Å². The third-order valence-corrected chi connectivity index (χ3v) is 5.90. The van der Waals surface area contributed by atoms with Crippen LogP contribution in [0.2, 0.25) is 5.02 Å². The lowest BCUT2D eigenvalue weighted by Gasteiger charge is -2.09. The Morgan fingerprint density at radius 2 is 1.96 bits per heavy atom. The van der Waals surface area contributed by atoms with Crippen LogP contribution >= 0.6 is 23.4 Å². The second kappa shape index (κ2) is 8.14. The van der Waals surface area contributed by atoms with Crippen LogP contribution in [-0.4, -0.2) is 28.0 Å². The first-order valence-corrected chi connectivity index (χ1v) is 9.89. The standard InChI is InChI=1S/C20H22ClN3OS/c1-13-16(14(2)24(3)23-13)10-11-22-19(25)12-26-18-9-5-7-15-6-4-8-17(21)20(15)18/h4-9H,10-12H2,1-3H3,(H,22,25). The Morgan fingerprint density at radius 3 is 2.65 bits per heavy atom. The SMILES string of the molecule is Cc1nn(C)c(C)c1CCNC(=O)CSc1cccc2cccc(Cl)c12. The largest absolute Gasteiger partial charge is 0.355 e. The zero-order chi connectivity index (χ0) is 18.7. The summed E-state index contributed by atoms with van der Waals surface area (Å²) in [6.07, 6.45) is 0.794. The maximum absolute atomic E-state index is 12.2. The van der Waals surface area contributed by atoms with E-state index in [0.29, 0.717) is 17.3 Å². The van der Waals surface area contributed by atoms with E-state index in [1.165, 1.54) is 17.3 Å². The molecule has 1 N–H and O–H groups in total. The molecule has 4 nitrogen and oxygen atoms in total. The van der Waals surface area contributed by atoms with E-state index in [2.05, 4.69) is 17.3 Å². The van der Waals surface area contributed by atoms with Gasteiger partial charge < -0.3 is 5.32 Å². The lowest BCUT2D eigenvalue weighted by molar-refractivity contribution is -0.118. The predicted molar refractivity (Wildman–Crippen MR) is 109 cm³/mol. The maximum atomic E-state index is 12.2. The Labute approximate surface area is 162 Å². The lowest BCUT2D eigenvalue weighted by atomic mass is 10.1. The molecule has 0 unspecified atom stereocenters. The number of rotatable bonds is 6. The van der Waals surface area contributed by atoms with Gasteiger partial charge in [-0.25, -0.2) is 0 Å². The normalized spacial score (nSPS) is 11.1. The highest BCUT2D eigenvalue weighted by Crippen LogP contribution is 2.33. The highest BCUT2D eigenvalue weighted by atomic mass is 35.5. The fourth-order valence-corrected chi connectivity index (χ4v) is 4.36. The molecule has 0 aliphatic rings. The molecule has 0 bridgehead atoms. The summed E-state index contributed by atoms with van der Waals surface area (Å²) in [5, 5.41) is 10.2. The number of fused-ring (bicyclic) bond motifs is 1. The summed E-state index contributed by atoms with van der Waals surface area (Å²) in [5.41, 5.74) is 3.39. The number of aryl methyl sites for hydroxylation is 2. The molecular weight excluding hydrogens is 366 g/mol. The molecule has 6 heteroatoms. The first kappa shape index (κ1) is 18.8. The van der Waals surface area contributed by atoms with E-state index < -0.39 is 0 Å². The first-order valence-electron chi connectivity index (χ1n) is 8.53. The van der Waals surface area contributed by atoms with Gasteiger partial charge in [0.2, 0.25) is 5.91 Å². The summed E-state index contributed by atoms with van der Waals surface area (Å²) in [6.45, 7) is 4.67. The third kappa shape index (κ3) is 4.05. The van der Waals surface area contributed by atoms with Gasteiger partial charge in [0.05, 0.1) is 11.4 Å². The average Bonchev–Trinajstić information content (AvgIpc) is 2.86. The highest BCUT2D eigenvalue weighted by molar-refractivity contribution is 8.00. The topological polar surface area (TPSA) is 46.9 Å². The molecule has 0 aliphatic carbocycles. The maximum Gasteiger partial charge on any atom is 0.230 e. The highest BCUT2D eigenvalue weighted by Gasteiger charge is 2.11. The van der Waals surface area contributed by atoms with Crippen LogP contribution in [0.1, 0.15) is 17.0 Å². The van der Waals surface area contributed by atoms with E-state index in [1.54, 1.807) is 0 Å². The van der Waals surface area contributed by atoms with Crippen molar-refractivity contribution in [1.29, 1.82) is 0 Å². The van der Waals surface area contributed by atoms with Crippen LogP contribution in [-0.2, 0) is 18.3 Å². The van der Waals surface area contributed by atoms with Crippen molar-refractivity contribution in [1.82, 2.24) is 15.1 Å². The molecular formula is C20H22ClN3OS. The zero-order valence-corrected chi connectivity index (χ0v) is 16.7. The van der Waals surface area contributed by atoms with Crippen LogP contribution in [0, 0.1) is 13.8 Å². The molecule has 136 valence electrons. The van der Waals surface area contributed by atoms with E-state index in [4.69, 9.17) is 11.6 Å². The van der Waals surface area contributed by atoms with Crippen LogP contribution in [0.3, 0.4) is 0 Å². The summed E-state index contributed by atoms with van der Waals surface area (Å²) in [6, 6.07) is 11.9. The molecule has 1 amide bonds. The summed E-state index contributed by atoms with van der Waals surface area (Å²) in [5.74, 6) is 0.397. The van der Waals surface area contributed by atoms with Crippen molar-refractivity contribution in [2.75, 3.05) is 12.3 Å². The smallest absolute Gasteiger partial charge is 0.230 e. The zero-order valence-electron chi connectivity index (χ0n) is 15.2. The Balaban J connectivity index is 1.57. The van der Waals surface area contributed by atoms with Crippen molar-refractivity contribution in [3.8, 4) is 0 Å². The number of thioether (sulfide) groups is 1. The van der Waals surface area contributed by atoms with Crippen LogP contribution < -0.4 is 5.32 Å². The molecule has 2 aromatic carbocycles. The number of halogens is 1. The van der Waals surface area contributed by atoms with Crippen LogP contribution in [0.5, 0.6) is 0 Å². The van der Waals surface area contributed by atoms with Crippen molar-refractivity contribution >= 4 is 40.0 Å². The molecule has 0 spiro atoms. The van der Waals surface area contributed by atoms with Gasteiger partial charge in [0.1, 0.15) is 0 Å². The minimum atomic E-state index is 0.0262. The van der Waals surface area contributed by atoms with E-state index >= 15 is 0 Å². The molecule has 3 rings (SSSR count). The Hall–Kier alpha value is -1.98. The fraction of sp³-hybridized carbons (Fsp3) is 0.300. The van der Waals surface area contributed by atoms with E-state index in [-0.39, 0.29) is 5.91 Å². The molecule has 1 aromatic heterocycles. The molecule has 1 heterocycles. The van der Waals surface area contributed by atoms with E-state index in [0.717, 1.165) is 33.5 Å². The number of carbonyl (C=O) groups excluding carboxylic acids is 1. The number of carbonyl (C=O) groups is 1. The second-order valence-electron chi connectivity index (χ2n) is 6.26. The Morgan fingerprint density at radius 1 is 1.23 bits per heavy atom. The van der Waals surface area contributed by atoms with Gasteiger partial charge in [-0.15, -0.1) is 11.8 Å². The Kier molecular flexibility index (Phi) is 5.89. The Bertz CT molecular complexity index is 946. The number of hydrogen-bond acceptors (Lipinski definition) is 3. The summed E-state index contributed by atoms with van der Waals surface area (Å²) in [7, 11) is 1.94.